The van der Waals surface area contributed by atoms with Crippen molar-refractivity contribution in [2.24, 2.45) is 0 Å². The van der Waals surface area contributed by atoms with Crippen LogP contribution in [0.5, 0.6) is 0 Å². The molecule has 156 valence electrons. The van der Waals surface area contributed by atoms with Gasteiger partial charge in [-0.05, 0) is 39.0 Å². The number of rotatable bonds is 2. The van der Waals surface area contributed by atoms with Gasteiger partial charge in [0, 0.05) is 37.3 Å². The zero-order valence-corrected chi connectivity index (χ0v) is 17.6. The standard InChI is InChI=1S/C22H26N6O2/c1-14-11-28(12-15(2)30-14)21-19-13-27(8-7-20(19)24-16(3)25-21)22(29)26-18-6-4-5-17(9-18)10-23/h4-6,9,14-15H,7-8,11-13H2,1-3H3,(H,26,29). The predicted molar refractivity (Wildman–Crippen MR) is 113 cm³/mol. The van der Waals surface area contributed by atoms with Gasteiger partial charge < -0.3 is 19.9 Å². The number of carbonyl (C=O) groups excluding carboxylic acids is 1. The van der Waals surface area contributed by atoms with Crippen LogP contribution in [-0.4, -0.2) is 52.7 Å². The molecule has 0 saturated carbocycles. The minimum atomic E-state index is -0.189. The summed E-state index contributed by atoms with van der Waals surface area (Å²) in [5, 5.41) is 12.0. The third kappa shape index (κ3) is 4.21. The Labute approximate surface area is 176 Å². The van der Waals surface area contributed by atoms with Gasteiger partial charge in [0.05, 0.1) is 36.1 Å². The maximum Gasteiger partial charge on any atom is 0.322 e. The van der Waals surface area contributed by atoms with Crippen LogP contribution in [-0.2, 0) is 17.7 Å². The van der Waals surface area contributed by atoms with E-state index in [1.807, 2.05) is 6.92 Å². The number of nitriles is 1. The Morgan fingerprint density at radius 2 is 2.03 bits per heavy atom. The van der Waals surface area contributed by atoms with E-state index in [4.69, 9.17) is 15.0 Å². The van der Waals surface area contributed by atoms with Crippen LogP contribution in [0.4, 0.5) is 16.3 Å². The molecule has 2 aromatic rings. The molecule has 0 aliphatic carbocycles. The van der Waals surface area contributed by atoms with Gasteiger partial charge in [-0.2, -0.15) is 5.26 Å². The van der Waals surface area contributed by atoms with Gasteiger partial charge in [-0.1, -0.05) is 6.07 Å². The van der Waals surface area contributed by atoms with Crippen molar-refractivity contribution in [3.63, 3.8) is 0 Å². The average molecular weight is 406 g/mol. The molecule has 1 aromatic heterocycles. The Bertz CT molecular complexity index is 992. The summed E-state index contributed by atoms with van der Waals surface area (Å²) in [5.74, 6) is 1.66. The van der Waals surface area contributed by atoms with Crippen LogP contribution < -0.4 is 10.2 Å². The topological polar surface area (TPSA) is 94.4 Å². The highest BCUT2D eigenvalue weighted by Gasteiger charge is 2.30. The summed E-state index contributed by atoms with van der Waals surface area (Å²) >= 11 is 0. The SMILES string of the molecule is Cc1nc2c(c(N3CC(C)OC(C)C3)n1)CN(C(=O)Nc1cccc(C#N)c1)CC2. The van der Waals surface area contributed by atoms with Crippen LogP contribution in [0.3, 0.4) is 0 Å². The lowest BCUT2D eigenvalue weighted by Crippen LogP contribution is -2.47. The zero-order chi connectivity index (χ0) is 21.3. The number of nitrogens with zero attached hydrogens (tertiary/aromatic N) is 5. The third-order valence-corrected chi connectivity index (χ3v) is 5.40. The van der Waals surface area contributed by atoms with Crippen molar-refractivity contribution in [1.82, 2.24) is 14.9 Å². The number of urea groups is 1. The van der Waals surface area contributed by atoms with Crippen LogP contribution >= 0.6 is 0 Å². The second kappa shape index (κ2) is 8.28. The monoisotopic (exact) mass is 406 g/mol. The van der Waals surface area contributed by atoms with Crippen LogP contribution in [0.1, 0.15) is 36.5 Å². The van der Waals surface area contributed by atoms with E-state index in [9.17, 15) is 4.79 Å². The Morgan fingerprint density at radius 3 is 2.77 bits per heavy atom. The summed E-state index contributed by atoms with van der Waals surface area (Å²) < 4.78 is 5.87. The van der Waals surface area contributed by atoms with E-state index >= 15 is 0 Å². The second-order valence-electron chi connectivity index (χ2n) is 7.98. The molecule has 1 aromatic carbocycles. The number of nitrogens with one attached hydrogen (secondary N) is 1. The fourth-order valence-electron chi connectivity index (χ4n) is 4.17. The van der Waals surface area contributed by atoms with Crippen molar-refractivity contribution >= 4 is 17.5 Å². The van der Waals surface area contributed by atoms with E-state index in [1.165, 1.54) is 0 Å². The first-order chi connectivity index (χ1) is 14.4. The van der Waals surface area contributed by atoms with Crippen molar-refractivity contribution in [3.05, 3.63) is 46.9 Å². The molecule has 1 saturated heterocycles. The molecule has 2 atom stereocenters. The highest BCUT2D eigenvalue weighted by atomic mass is 16.5. The first-order valence-electron chi connectivity index (χ1n) is 10.3. The highest BCUT2D eigenvalue weighted by molar-refractivity contribution is 5.89. The van der Waals surface area contributed by atoms with Crippen LogP contribution in [0.2, 0.25) is 0 Å². The van der Waals surface area contributed by atoms with Crippen molar-refractivity contribution in [3.8, 4) is 6.07 Å². The number of ether oxygens (including phenoxy) is 1. The molecule has 4 rings (SSSR count). The quantitative estimate of drug-likeness (QED) is 0.824. The smallest absolute Gasteiger partial charge is 0.322 e. The van der Waals surface area contributed by atoms with Gasteiger partial charge in [-0.25, -0.2) is 14.8 Å². The number of morpholine rings is 1. The van der Waals surface area contributed by atoms with Gasteiger partial charge in [0.1, 0.15) is 11.6 Å². The number of aryl methyl sites for hydroxylation is 1. The molecule has 2 amide bonds. The molecule has 3 heterocycles. The summed E-state index contributed by atoms with van der Waals surface area (Å²) in [5.41, 5.74) is 3.15. The van der Waals surface area contributed by atoms with Gasteiger partial charge in [0.2, 0.25) is 0 Å². The van der Waals surface area contributed by atoms with Gasteiger partial charge >= 0.3 is 6.03 Å². The molecule has 2 aliphatic heterocycles. The predicted octanol–water partition coefficient (Wildman–Crippen LogP) is 2.86. The number of benzene rings is 1. The fourth-order valence-corrected chi connectivity index (χ4v) is 4.17. The van der Waals surface area contributed by atoms with Crippen LogP contribution in [0, 0.1) is 18.3 Å². The van der Waals surface area contributed by atoms with Crippen LogP contribution in [0.25, 0.3) is 0 Å². The number of fused-ring (bicyclic) bond motifs is 1. The van der Waals surface area contributed by atoms with E-state index in [-0.39, 0.29) is 18.2 Å². The van der Waals surface area contributed by atoms with Crippen molar-refractivity contribution < 1.29 is 9.53 Å². The largest absolute Gasteiger partial charge is 0.372 e. The Morgan fingerprint density at radius 1 is 1.27 bits per heavy atom. The Kier molecular flexibility index (Phi) is 5.55. The lowest BCUT2D eigenvalue weighted by atomic mass is 10.0. The molecule has 1 fully saturated rings. The van der Waals surface area contributed by atoms with Crippen molar-refractivity contribution in [2.75, 3.05) is 29.9 Å². The minimum Gasteiger partial charge on any atom is -0.372 e. The second-order valence-corrected chi connectivity index (χ2v) is 7.98. The Hall–Kier alpha value is -3.18. The molecule has 2 unspecified atom stereocenters. The molecule has 8 heteroatoms. The number of hydrogen-bond donors (Lipinski definition) is 1. The first-order valence-corrected chi connectivity index (χ1v) is 10.3. The molecule has 8 nitrogen and oxygen atoms in total. The molecule has 30 heavy (non-hydrogen) atoms. The summed E-state index contributed by atoms with van der Waals surface area (Å²) in [7, 11) is 0. The van der Waals surface area contributed by atoms with Gasteiger partial charge in [-0.3, -0.25) is 0 Å². The summed E-state index contributed by atoms with van der Waals surface area (Å²) in [6, 6.07) is 8.83. The summed E-state index contributed by atoms with van der Waals surface area (Å²) in [6.45, 7) is 8.62. The van der Waals surface area contributed by atoms with Gasteiger partial charge in [0.15, 0.2) is 0 Å². The third-order valence-electron chi connectivity index (χ3n) is 5.40. The molecule has 0 spiro atoms. The van der Waals surface area contributed by atoms with E-state index in [0.29, 0.717) is 30.8 Å². The van der Waals surface area contributed by atoms with Crippen LogP contribution in [0.15, 0.2) is 24.3 Å². The lowest BCUT2D eigenvalue weighted by molar-refractivity contribution is -0.00557. The molecular formula is C22H26N6O2. The molecule has 1 N–H and O–H groups in total. The first kappa shape index (κ1) is 20.1. The average Bonchev–Trinajstić information content (AvgIpc) is 2.72. The maximum absolute atomic E-state index is 12.9. The Balaban J connectivity index is 1.56. The number of hydrogen-bond acceptors (Lipinski definition) is 6. The maximum atomic E-state index is 12.9. The molecular weight excluding hydrogens is 380 g/mol. The van der Waals surface area contributed by atoms with E-state index < -0.39 is 0 Å². The van der Waals surface area contributed by atoms with E-state index in [2.05, 4.69) is 35.1 Å². The molecule has 2 aliphatic rings. The zero-order valence-electron chi connectivity index (χ0n) is 17.6. The highest BCUT2D eigenvalue weighted by Crippen LogP contribution is 2.29. The molecule has 0 radical (unpaired) electrons. The van der Waals surface area contributed by atoms with Crippen molar-refractivity contribution in [1.29, 1.82) is 5.26 Å². The van der Waals surface area contributed by atoms with Crippen molar-refractivity contribution in [2.45, 2.75) is 45.9 Å². The van der Waals surface area contributed by atoms with E-state index in [0.717, 1.165) is 36.0 Å². The number of anilines is 2. The summed E-state index contributed by atoms with van der Waals surface area (Å²) in [6.07, 6.45) is 0.928. The number of aromatic nitrogens is 2. The van der Waals surface area contributed by atoms with E-state index in [1.54, 1.807) is 29.2 Å². The fraction of sp³-hybridized carbons (Fsp3) is 0.455. The number of amides is 2. The summed E-state index contributed by atoms with van der Waals surface area (Å²) in [4.78, 5) is 26.3. The molecule has 0 bridgehead atoms. The van der Waals surface area contributed by atoms with Gasteiger partial charge in [0.25, 0.3) is 0 Å². The lowest BCUT2D eigenvalue weighted by Gasteiger charge is -2.38. The normalized spacial score (nSPS) is 21.0. The van der Waals surface area contributed by atoms with Gasteiger partial charge in [-0.15, -0.1) is 0 Å². The number of carbonyl (C=O) groups is 1. The minimum absolute atomic E-state index is 0.120.